The minimum atomic E-state index is -0.383. The summed E-state index contributed by atoms with van der Waals surface area (Å²) in [5, 5.41) is 0. The molecule has 1 aliphatic carbocycles. The van der Waals surface area contributed by atoms with Gasteiger partial charge in [0.25, 0.3) is 0 Å². The molecular weight excluding hydrogens is 484 g/mol. The second kappa shape index (κ2) is 10.7. The van der Waals surface area contributed by atoms with Gasteiger partial charge in [0, 0.05) is 16.7 Å². The molecule has 0 saturated heterocycles. The summed E-state index contributed by atoms with van der Waals surface area (Å²) in [6.07, 6.45) is 0. The van der Waals surface area contributed by atoms with Gasteiger partial charge in [0.2, 0.25) is 5.75 Å². The van der Waals surface area contributed by atoms with Gasteiger partial charge >= 0.3 is 0 Å². The second-order valence-corrected chi connectivity index (χ2v) is 8.62. The van der Waals surface area contributed by atoms with E-state index in [9.17, 15) is 9.59 Å². The van der Waals surface area contributed by atoms with E-state index < -0.39 is 0 Å². The van der Waals surface area contributed by atoms with Crippen LogP contribution in [0.1, 0.15) is 43.0 Å². The van der Waals surface area contributed by atoms with Gasteiger partial charge < -0.3 is 23.7 Å². The van der Waals surface area contributed by atoms with Gasteiger partial charge in [-0.15, -0.1) is 0 Å². The maximum atomic E-state index is 13.8. The van der Waals surface area contributed by atoms with E-state index in [4.69, 9.17) is 23.7 Å². The number of methoxy groups -OCH3 is 3. The molecule has 0 bridgehead atoms. The van der Waals surface area contributed by atoms with E-state index in [1.807, 2.05) is 60.7 Å². The molecule has 7 nitrogen and oxygen atoms in total. The minimum absolute atomic E-state index is 0.119. The van der Waals surface area contributed by atoms with Crippen molar-refractivity contribution >= 4 is 11.6 Å². The van der Waals surface area contributed by atoms with Crippen LogP contribution in [-0.4, -0.2) is 32.9 Å². The summed E-state index contributed by atoms with van der Waals surface area (Å²) in [5.74, 6) is 0.646. The number of benzene rings is 4. The zero-order valence-corrected chi connectivity index (χ0v) is 21.3. The van der Waals surface area contributed by atoms with Crippen molar-refractivity contribution in [2.45, 2.75) is 13.2 Å². The highest BCUT2D eigenvalue weighted by molar-refractivity contribution is 6.30. The Morgan fingerprint density at radius 1 is 0.526 bits per heavy atom. The average Bonchev–Trinajstić information content (AvgIpc) is 2.97. The molecule has 0 aromatic heterocycles. The maximum Gasteiger partial charge on any atom is 0.204 e. The van der Waals surface area contributed by atoms with E-state index in [0.29, 0.717) is 11.5 Å². The second-order valence-electron chi connectivity index (χ2n) is 8.62. The monoisotopic (exact) mass is 510 g/mol. The quantitative estimate of drug-likeness (QED) is 0.254. The van der Waals surface area contributed by atoms with Gasteiger partial charge in [-0.25, -0.2) is 0 Å². The van der Waals surface area contributed by atoms with Crippen molar-refractivity contribution in [2.24, 2.45) is 0 Å². The van der Waals surface area contributed by atoms with Crippen molar-refractivity contribution in [3.8, 4) is 28.7 Å². The highest BCUT2D eigenvalue weighted by Crippen LogP contribution is 2.47. The van der Waals surface area contributed by atoms with Gasteiger partial charge in [-0.3, -0.25) is 9.59 Å². The Balaban J connectivity index is 1.55. The van der Waals surface area contributed by atoms with Crippen LogP contribution in [0.3, 0.4) is 0 Å². The molecule has 4 aromatic carbocycles. The first-order chi connectivity index (χ1) is 18.5. The van der Waals surface area contributed by atoms with E-state index in [2.05, 4.69) is 0 Å². The van der Waals surface area contributed by atoms with Crippen molar-refractivity contribution in [1.29, 1.82) is 0 Å². The minimum Gasteiger partial charge on any atom is -0.493 e. The van der Waals surface area contributed by atoms with Crippen LogP contribution in [0.2, 0.25) is 0 Å². The van der Waals surface area contributed by atoms with Crippen molar-refractivity contribution in [3.05, 3.63) is 112 Å². The fraction of sp³-hybridized carbons (Fsp3) is 0.161. The van der Waals surface area contributed by atoms with Crippen LogP contribution in [0.25, 0.3) is 0 Å². The molecule has 0 unspecified atom stereocenters. The lowest BCUT2D eigenvalue weighted by Gasteiger charge is -2.24. The smallest absolute Gasteiger partial charge is 0.204 e. The molecule has 0 atom stereocenters. The Hall–Kier alpha value is -4.78. The third-order valence-corrected chi connectivity index (χ3v) is 6.35. The summed E-state index contributed by atoms with van der Waals surface area (Å²) >= 11 is 0. The molecule has 0 heterocycles. The van der Waals surface area contributed by atoms with Gasteiger partial charge in [0.1, 0.15) is 13.2 Å². The van der Waals surface area contributed by atoms with Crippen LogP contribution in [0, 0.1) is 0 Å². The highest BCUT2D eigenvalue weighted by atomic mass is 16.5. The largest absolute Gasteiger partial charge is 0.493 e. The van der Waals surface area contributed by atoms with Crippen LogP contribution in [0.4, 0.5) is 0 Å². The fourth-order valence-corrected chi connectivity index (χ4v) is 4.46. The molecule has 4 aromatic rings. The van der Waals surface area contributed by atoms with Crippen LogP contribution in [0.15, 0.2) is 78.9 Å². The van der Waals surface area contributed by atoms with Crippen molar-refractivity contribution in [2.75, 3.05) is 21.3 Å². The Bertz CT molecular complexity index is 1490. The molecule has 0 amide bonds. The normalized spacial score (nSPS) is 11.9. The summed E-state index contributed by atoms with van der Waals surface area (Å²) < 4.78 is 28.7. The molecule has 0 spiro atoms. The number of hydrogen-bond acceptors (Lipinski definition) is 7. The van der Waals surface area contributed by atoms with Crippen LogP contribution in [-0.2, 0) is 13.2 Å². The van der Waals surface area contributed by atoms with Crippen molar-refractivity contribution < 1.29 is 33.3 Å². The number of ether oxygens (including phenoxy) is 5. The molecule has 192 valence electrons. The fourth-order valence-electron chi connectivity index (χ4n) is 4.46. The molecule has 38 heavy (non-hydrogen) atoms. The van der Waals surface area contributed by atoms with E-state index in [0.717, 1.165) is 11.1 Å². The summed E-state index contributed by atoms with van der Waals surface area (Å²) in [6.45, 7) is 0.499. The van der Waals surface area contributed by atoms with Gasteiger partial charge in [0.15, 0.2) is 34.6 Å². The number of ketones is 2. The van der Waals surface area contributed by atoms with E-state index in [-0.39, 0.29) is 64.3 Å². The standard InChI is InChI=1S/C31H26O7/c1-34-24-14-22-21(15-25(24)37-17-19-10-6-4-7-11-19)28(32)23-16-26(35-2)30(31(36-3)27(23)29(22)33)38-18-20-12-8-5-9-13-20/h4-16H,17-18H2,1-3H3. The zero-order chi connectivity index (χ0) is 26.6. The summed E-state index contributed by atoms with van der Waals surface area (Å²) in [5.41, 5.74) is 2.58. The predicted molar refractivity (Wildman–Crippen MR) is 141 cm³/mol. The third kappa shape index (κ3) is 4.54. The SMILES string of the molecule is COc1cc2c(cc1OCc1ccccc1)C(=O)c1cc(OC)c(OCc3ccccc3)c(OC)c1C2=O. The molecular formula is C31H26O7. The summed E-state index contributed by atoms with van der Waals surface area (Å²) in [7, 11) is 4.39. The number of fused-ring (bicyclic) bond motifs is 2. The number of carbonyl (C=O) groups excluding carboxylic acids is 2. The van der Waals surface area contributed by atoms with Gasteiger partial charge in [-0.2, -0.15) is 0 Å². The molecule has 0 aliphatic heterocycles. The molecule has 1 aliphatic rings. The maximum absolute atomic E-state index is 13.8. The van der Waals surface area contributed by atoms with Gasteiger partial charge in [-0.1, -0.05) is 60.7 Å². The first-order valence-corrected chi connectivity index (χ1v) is 12.0. The number of rotatable bonds is 9. The average molecular weight is 511 g/mol. The molecule has 7 heteroatoms. The zero-order valence-electron chi connectivity index (χ0n) is 21.3. The Kier molecular flexibility index (Phi) is 7.00. The van der Waals surface area contributed by atoms with Gasteiger partial charge in [-0.05, 0) is 29.3 Å². The van der Waals surface area contributed by atoms with Crippen LogP contribution >= 0.6 is 0 Å². The Morgan fingerprint density at radius 2 is 1.05 bits per heavy atom. The molecule has 5 rings (SSSR count). The Labute approximate surface area is 220 Å². The molecule has 0 N–H and O–H groups in total. The molecule has 0 radical (unpaired) electrons. The predicted octanol–water partition coefficient (Wildman–Crippen LogP) is 5.65. The number of carbonyl (C=O) groups is 2. The molecule has 0 saturated carbocycles. The lowest BCUT2D eigenvalue weighted by Crippen LogP contribution is -2.23. The summed E-state index contributed by atoms with van der Waals surface area (Å²) in [4.78, 5) is 27.5. The van der Waals surface area contributed by atoms with Gasteiger partial charge in [0.05, 0.1) is 26.9 Å². The first kappa shape index (κ1) is 24.9. The van der Waals surface area contributed by atoms with Crippen molar-refractivity contribution in [3.63, 3.8) is 0 Å². The lowest BCUT2D eigenvalue weighted by molar-refractivity contribution is 0.0974. The van der Waals surface area contributed by atoms with Crippen LogP contribution < -0.4 is 23.7 Å². The summed E-state index contributed by atoms with van der Waals surface area (Å²) in [6, 6.07) is 23.8. The lowest BCUT2D eigenvalue weighted by atomic mass is 9.82. The third-order valence-electron chi connectivity index (χ3n) is 6.35. The Morgan fingerprint density at radius 3 is 1.63 bits per heavy atom. The van der Waals surface area contributed by atoms with Crippen molar-refractivity contribution in [1.82, 2.24) is 0 Å². The van der Waals surface area contributed by atoms with E-state index in [1.165, 1.54) is 33.5 Å². The molecule has 0 fully saturated rings. The highest BCUT2D eigenvalue weighted by Gasteiger charge is 2.37. The number of hydrogen-bond donors (Lipinski definition) is 0. The van der Waals surface area contributed by atoms with Crippen LogP contribution in [0.5, 0.6) is 28.7 Å². The van der Waals surface area contributed by atoms with E-state index in [1.54, 1.807) is 6.07 Å². The first-order valence-electron chi connectivity index (χ1n) is 12.0. The topological polar surface area (TPSA) is 80.3 Å². The van der Waals surface area contributed by atoms with E-state index >= 15 is 0 Å².